The van der Waals surface area contributed by atoms with Crippen molar-refractivity contribution in [2.45, 2.75) is 11.4 Å². The van der Waals surface area contributed by atoms with Crippen LogP contribution in [0.2, 0.25) is 5.02 Å². The Labute approximate surface area is 145 Å². The maximum Gasteiger partial charge on any atom is 0.243 e. The molecule has 2 aromatic rings. The van der Waals surface area contributed by atoms with Gasteiger partial charge in [0.25, 0.3) is 0 Å². The van der Waals surface area contributed by atoms with Gasteiger partial charge in [0.2, 0.25) is 10.0 Å². The SMILES string of the molecule is COc1ccc(CN(C)S(=O)(=O)c2ccc(F)c(Cl)c2)c(OC)c1. The number of hydrogen-bond acceptors (Lipinski definition) is 4. The van der Waals surface area contributed by atoms with Crippen LogP contribution in [0.4, 0.5) is 4.39 Å². The van der Waals surface area contributed by atoms with Gasteiger partial charge in [-0.1, -0.05) is 17.7 Å². The van der Waals surface area contributed by atoms with Crippen LogP contribution in [0, 0.1) is 5.82 Å². The number of rotatable bonds is 6. The average Bonchev–Trinajstić information content (AvgIpc) is 2.57. The highest BCUT2D eigenvalue weighted by Gasteiger charge is 2.23. The normalized spacial score (nSPS) is 11.6. The molecular weight excluding hydrogens is 357 g/mol. The number of sulfonamides is 1. The predicted molar refractivity (Wildman–Crippen MR) is 89.6 cm³/mol. The Morgan fingerprint density at radius 1 is 1.12 bits per heavy atom. The van der Waals surface area contributed by atoms with Gasteiger partial charge in [-0.05, 0) is 24.3 Å². The highest BCUT2D eigenvalue weighted by atomic mass is 35.5. The summed E-state index contributed by atoms with van der Waals surface area (Å²) >= 11 is 5.67. The minimum Gasteiger partial charge on any atom is -0.497 e. The highest BCUT2D eigenvalue weighted by Crippen LogP contribution is 2.28. The first kappa shape index (κ1) is 18.5. The molecule has 0 spiro atoms. The lowest BCUT2D eigenvalue weighted by atomic mass is 10.2. The van der Waals surface area contributed by atoms with Crippen LogP contribution in [-0.2, 0) is 16.6 Å². The fraction of sp³-hybridized carbons (Fsp3) is 0.250. The molecule has 0 bridgehead atoms. The summed E-state index contributed by atoms with van der Waals surface area (Å²) in [6.45, 7) is 0.0739. The fourth-order valence-electron chi connectivity index (χ4n) is 2.12. The molecule has 0 aliphatic carbocycles. The number of methoxy groups -OCH3 is 2. The predicted octanol–water partition coefficient (Wildman–Crippen LogP) is 3.32. The van der Waals surface area contributed by atoms with E-state index in [9.17, 15) is 12.8 Å². The van der Waals surface area contributed by atoms with Crippen molar-refractivity contribution in [1.29, 1.82) is 0 Å². The third-order valence-electron chi connectivity index (χ3n) is 3.49. The maximum atomic E-state index is 13.2. The van der Waals surface area contributed by atoms with Gasteiger partial charge >= 0.3 is 0 Å². The van der Waals surface area contributed by atoms with Gasteiger partial charge in [0, 0.05) is 25.2 Å². The van der Waals surface area contributed by atoms with Crippen LogP contribution in [0.1, 0.15) is 5.56 Å². The van der Waals surface area contributed by atoms with Gasteiger partial charge in [0.05, 0.1) is 24.1 Å². The molecule has 5 nitrogen and oxygen atoms in total. The molecule has 0 amide bonds. The first-order valence-corrected chi connectivity index (χ1v) is 8.73. The molecule has 0 N–H and O–H groups in total. The molecule has 0 saturated carbocycles. The van der Waals surface area contributed by atoms with Crippen molar-refractivity contribution >= 4 is 21.6 Å². The summed E-state index contributed by atoms with van der Waals surface area (Å²) in [5, 5.41) is -0.244. The van der Waals surface area contributed by atoms with Gasteiger partial charge in [-0.25, -0.2) is 12.8 Å². The zero-order valence-electron chi connectivity index (χ0n) is 13.4. The second kappa shape index (κ2) is 7.38. The van der Waals surface area contributed by atoms with Crippen molar-refractivity contribution in [3.63, 3.8) is 0 Å². The van der Waals surface area contributed by atoms with E-state index < -0.39 is 15.8 Å². The van der Waals surface area contributed by atoms with E-state index in [2.05, 4.69) is 0 Å². The standard InChI is InChI=1S/C16H17ClFNO4S/c1-19(10-11-4-5-12(22-2)8-16(11)23-3)24(20,21)13-6-7-15(18)14(17)9-13/h4-9H,10H2,1-3H3. The third kappa shape index (κ3) is 3.80. The fourth-order valence-corrected chi connectivity index (χ4v) is 3.55. The van der Waals surface area contributed by atoms with E-state index in [1.54, 1.807) is 18.2 Å². The van der Waals surface area contributed by atoms with Crippen LogP contribution in [0.15, 0.2) is 41.3 Å². The summed E-state index contributed by atoms with van der Waals surface area (Å²) in [6, 6.07) is 8.41. The molecular formula is C16H17ClFNO4S. The molecule has 0 saturated heterocycles. The Morgan fingerprint density at radius 2 is 1.83 bits per heavy atom. The molecule has 0 heterocycles. The summed E-state index contributed by atoms with van der Waals surface area (Å²) in [4.78, 5) is -0.0797. The van der Waals surface area contributed by atoms with Gasteiger partial charge in [-0.15, -0.1) is 0 Å². The Morgan fingerprint density at radius 3 is 2.42 bits per heavy atom. The molecule has 0 aromatic heterocycles. The molecule has 0 atom stereocenters. The van der Waals surface area contributed by atoms with E-state index in [-0.39, 0.29) is 16.5 Å². The molecule has 0 fully saturated rings. The van der Waals surface area contributed by atoms with E-state index in [1.807, 2.05) is 0 Å². The van der Waals surface area contributed by atoms with Crippen LogP contribution < -0.4 is 9.47 Å². The quantitative estimate of drug-likeness (QED) is 0.779. The molecule has 0 aliphatic rings. The molecule has 2 rings (SSSR count). The molecule has 2 aromatic carbocycles. The van der Waals surface area contributed by atoms with Crippen molar-refractivity contribution in [1.82, 2.24) is 4.31 Å². The van der Waals surface area contributed by atoms with Crippen LogP contribution >= 0.6 is 11.6 Å². The van der Waals surface area contributed by atoms with Crippen LogP contribution in [0.5, 0.6) is 11.5 Å². The Kier molecular flexibility index (Phi) is 5.69. The lowest BCUT2D eigenvalue weighted by molar-refractivity contribution is 0.384. The first-order chi connectivity index (χ1) is 11.3. The lowest BCUT2D eigenvalue weighted by Gasteiger charge is -2.19. The molecule has 0 aliphatic heterocycles. The molecule has 24 heavy (non-hydrogen) atoms. The van der Waals surface area contributed by atoms with E-state index in [0.29, 0.717) is 17.1 Å². The van der Waals surface area contributed by atoms with Gasteiger partial charge in [0.15, 0.2) is 0 Å². The minimum absolute atomic E-state index is 0.0739. The number of ether oxygens (including phenoxy) is 2. The Balaban J connectivity index is 2.31. The van der Waals surface area contributed by atoms with E-state index in [4.69, 9.17) is 21.1 Å². The van der Waals surface area contributed by atoms with Crippen molar-refractivity contribution in [2.75, 3.05) is 21.3 Å². The summed E-state index contributed by atoms with van der Waals surface area (Å²) in [6.07, 6.45) is 0. The van der Waals surface area contributed by atoms with Gasteiger partial charge < -0.3 is 9.47 Å². The second-order valence-corrected chi connectivity index (χ2v) is 7.47. The Bertz CT molecular complexity index is 842. The largest absolute Gasteiger partial charge is 0.497 e. The van der Waals surface area contributed by atoms with E-state index in [1.165, 1.54) is 27.3 Å². The molecule has 8 heteroatoms. The summed E-state index contributed by atoms with van der Waals surface area (Å²) in [5.74, 6) is 0.440. The average molecular weight is 374 g/mol. The van der Waals surface area contributed by atoms with Crippen LogP contribution in [-0.4, -0.2) is 34.0 Å². The minimum atomic E-state index is -3.82. The monoisotopic (exact) mass is 373 g/mol. The highest BCUT2D eigenvalue weighted by molar-refractivity contribution is 7.89. The van der Waals surface area contributed by atoms with Crippen molar-refractivity contribution in [3.05, 3.63) is 52.8 Å². The van der Waals surface area contributed by atoms with E-state index in [0.717, 1.165) is 16.4 Å². The molecule has 0 radical (unpaired) electrons. The van der Waals surface area contributed by atoms with Crippen LogP contribution in [0.3, 0.4) is 0 Å². The summed E-state index contributed by atoms with van der Waals surface area (Å²) < 4.78 is 50.0. The summed E-state index contributed by atoms with van der Waals surface area (Å²) in [5.41, 5.74) is 0.664. The molecule has 130 valence electrons. The van der Waals surface area contributed by atoms with E-state index >= 15 is 0 Å². The number of benzene rings is 2. The number of hydrogen-bond donors (Lipinski definition) is 0. The third-order valence-corrected chi connectivity index (χ3v) is 5.58. The summed E-state index contributed by atoms with van der Waals surface area (Å²) in [7, 11) is 0.629. The smallest absolute Gasteiger partial charge is 0.243 e. The topological polar surface area (TPSA) is 55.8 Å². The number of nitrogens with zero attached hydrogens (tertiary/aromatic N) is 1. The zero-order chi connectivity index (χ0) is 17.9. The van der Waals surface area contributed by atoms with Gasteiger partial charge in [0.1, 0.15) is 17.3 Å². The second-order valence-electron chi connectivity index (χ2n) is 5.01. The van der Waals surface area contributed by atoms with Crippen molar-refractivity contribution in [3.8, 4) is 11.5 Å². The zero-order valence-corrected chi connectivity index (χ0v) is 15.0. The Hall–Kier alpha value is -1.83. The van der Waals surface area contributed by atoms with Gasteiger partial charge in [-0.2, -0.15) is 4.31 Å². The van der Waals surface area contributed by atoms with Crippen molar-refractivity contribution in [2.24, 2.45) is 0 Å². The first-order valence-electron chi connectivity index (χ1n) is 6.92. The molecule has 0 unspecified atom stereocenters. The van der Waals surface area contributed by atoms with Gasteiger partial charge in [-0.3, -0.25) is 0 Å². The van der Waals surface area contributed by atoms with Crippen LogP contribution in [0.25, 0.3) is 0 Å². The van der Waals surface area contributed by atoms with Crippen molar-refractivity contribution < 1.29 is 22.3 Å². The maximum absolute atomic E-state index is 13.2. The number of halogens is 2. The lowest BCUT2D eigenvalue weighted by Crippen LogP contribution is -2.26.